The molecule has 0 fully saturated rings. The largest absolute Gasteiger partial charge is 0.494 e. The zero-order chi connectivity index (χ0) is 19.6. The summed E-state index contributed by atoms with van der Waals surface area (Å²) in [5.41, 5.74) is 1.95. The fourth-order valence-corrected chi connectivity index (χ4v) is 2.96. The molecule has 148 valence electrons. The van der Waals surface area contributed by atoms with Crippen LogP contribution in [0.3, 0.4) is 0 Å². The summed E-state index contributed by atoms with van der Waals surface area (Å²) in [6.07, 6.45) is 4.57. The predicted octanol–water partition coefficient (Wildman–Crippen LogP) is 4.23. The number of ether oxygens (including phenoxy) is 2. The Balaban J connectivity index is 2.29. The molecule has 0 aromatic heterocycles. The smallest absolute Gasteiger partial charge is 0.338 e. The number of rotatable bonds is 10. The van der Waals surface area contributed by atoms with Crippen molar-refractivity contribution in [3.63, 3.8) is 0 Å². The number of benzene rings is 1. The van der Waals surface area contributed by atoms with E-state index in [-0.39, 0.29) is 12.6 Å². The van der Waals surface area contributed by atoms with Crippen LogP contribution in [0.2, 0.25) is 0 Å². The second-order valence-corrected chi connectivity index (χ2v) is 6.52. The molecule has 2 N–H and O–H groups in total. The number of esters is 1. The molecule has 1 aliphatic heterocycles. The molecule has 27 heavy (non-hydrogen) atoms. The molecular formula is C21H30N2O4. The molecule has 0 spiro atoms. The average Bonchev–Trinajstić information content (AvgIpc) is 2.66. The first kappa shape index (κ1) is 20.8. The first-order valence-electron chi connectivity index (χ1n) is 9.81. The van der Waals surface area contributed by atoms with Gasteiger partial charge < -0.3 is 20.1 Å². The maximum absolute atomic E-state index is 12.6. The van der Waals surface area contributed by atoms with E-state index >= 15 is 0 Å². The Bertz CT molecular complexity index is 667. The van der Waals surface area contributed by atoms with Gasteiger partial charge in [-0.3, -0.25) is 0 Å². The summed E-state index contributed by atoms with van der Waals surface area (Å²) in [4.78, 5) is 24.8. The Hall–Kier alpha value is -2.50. The molecule has 1 aromatic carbocycles. The van der Waals surface area contributed by atoms with Gasteiger partial charge in [-0.25, -0.2) is 9.59 Å². The van der Waals surface area contributed by atoms with Gasteiger partial charge >= 0.3 is 12.0 Å². The van der Waals surface area contributed by atoms with Gasteiger partial charge in [0, 0.05) is 5.70 Å². The van der Waals surface area contributed by atoms with Crippen LogP contribution in [0.1, 0.15) is 64.5 Å². The quantitative estimate of drug-likeness (QED) is 0.475. The molecular weight excluding hydrogens is 344 g/mol. The van der Waals surface area contributed by atoms with Crippen LogP contribution in [-0.2, 0) is 9.53 Å². The third kappa shape index (κ3) is 5.74. The molecule has 2 rings (SSSR count). The first-order chi connectivity index (χ1) is 13.1. The van der Waals surface area contributed by atoms with Gasteiger partial charge in [-0.1, -0.05) is 38.8 Å². The Kier molecular flexibility index (Phi) is 8.17. The van der Waals surface area contributed by atoms with Gasteiger partial charge in [-0.15, -0.1) is 0 Å². The van der Waals surface area contributed by atoms with Crippen LogP contribution in [0.5, 0.6) is 5.75 Å². The maximum Gasteiger partial charge on any atom is 0.338 e. The van der Waals surface area contributed by atoms with Crippen molar-refractivity contribution in [1.29, 1.82) is 0 Å². The number of hydrogen-bond donors (Lipinski definition) is 2. The molecule has 0 saturated heterocycles. The molecule has 6 nitrogen and oxygen atoms in total. The molecule has 6 heteroatoms. The van der Waals surface area contributed by atoms with Crippen LogP contribution in [0.4, 0.5) is 4.79 Å². The fraction of sp³-hybridized carbons (Fsp3) is 0.524. The van der Waals surface area contributed by atoms with Crippen LogP contribution in [0.15, 0.2) is 35.5 Å². The van der Waals surface area contributed by atoms with Gasteiger partial charge in [0.25, 0.3) is 0 Å². The van der Waals surface area contributed by atoms with Crippen LogP contribution >= 0.6 is 0 Å². The third-order valence-corrected chi connectivity index (χ3v) is 4.41. The minimum atomic E-state index is -0.533. The molecule has 1 heterocycles. The highest BCUT2D eigenvalue weighted by molar-refractivity contribution is 5.95. The number of hydrogen-bond acceptors (Lipinski definition) is 4. The van der Waals surface area contributed by atoms with Crippen molar-refractivity contribution in [2.45, 2.75) is 58.9 Å². The maximum atomic E-state index is 12.6. The lowest BCUT2D eigenvalue weighted by molar-refractivity contribution is -0.139. The van der Waals surface area contributed by atoms with E-state index in [1.54, 1.807) is 6.92 Å². The average molecular weight is 374 g/mol. The Morgan fingerprint density at radius 2 is 1.78 bits per heavy atom. The molecule has 1 atom stereocenters. The van der Waals surface area contributed by atoms with E-state index in [4.69, 9.17) is 9.47 Å². The van der Waals surface area contributed by atoms with E-state index in [1.165, 1.54) is 0 Å². The van der Waals surface area contributed by atoms with Crippen LogP contribution in [-0.4, -0.2) is 25.2 Å². The summed E-state index contributed by atoms with van der Waals surface area (Å²) in [5, 5.41) is 5.64. The van der Waals surface area contributed by atoms with Gasteiger partial charge in [0.15, 0.2) is 0 Å². The van der Waals surface area contributed by atoms with Crippen molar-refractivity contribution in [3.8, 4) is 5.75 Å². The van der Waals surface area contributed by atoms with Crippen LogP contribution in [0, 0.1) is 0 Å². The van der Waals surface area contributed by atoms with Gasteiger partial charge in [-0.05, 0) is 43.9 Å². The predicted molar refractivity (Wildman–Crippen MR) is 104 cm³/mol. The summed E-state index contributed by atoms with van der Waals surface area (Å²) in [6.45, 7) is 6.92. The topological polar surface area (TPSA) is 76.7 Å². The zero-order valence-corrected chi connectivity index (χ0v) is 16.5. The van der Waals surface area contributed by atoms with E-state index in [9.17, 15) is 9.59 Å². The molecule has 2 amide bonds. The van der Waals surface area contributed by atoms with Crippen molar-refractivity contribution in [1.82, 2.24) is 10.6 Å². The Morgan fingerprint density at radius 3 is 2.41 bits per heavy atom. The van der Waals surface area contributed by atoms with Crippen molar-refractivity contribution < 1.29 is 19.1 Å². The lowest BCUT2D eigenvalue weighted by Gasteiger charge is -2.29. The highest BCUT2D eigenvalue weighted by Gasteiger charge is 2.33. The lowest BCUT2D eigenvalue weighted by atomic mass is 9.93. The number of unbranched alkanes of at least 4 members (excludes halogenated alkanes) is 2. The van der Waals surface area contributed by atoms with Crippen LogP contribution < -0.4 is 15.4 Å². The number of amides is 2. The fourth-order valence-electron chi connectivity index (χ4n) is 2.96. The van der Waals surface area contributed by atoms with E-state index in [2.05, 4.69) is 24.5 Å². The van der Waals surface area contributed by atoms with E-state index in [0.29, 0.717) is 24.3 Å². The molecule has 1 aliphatic rings. The minimum Gasteiger partial charge on any atom is -0.494 e. The SMILES string of the molecule is CCCCOc1ccc(C2NC(=O)NC(CCCC)=C2C(=O)OCC)cc1. The summed E-state index contributed by atoms with van der Waals surface area (Å²) < 4.78 is 10.9. The normalized spacial score (nSPS) is 16.6. The van der Waals surface area contributed by atoms with E-state index < -0.39 is 12.0 Å². The van der Waals surface area contributed by atoms with E-state index in [0.717, 1.165) is 37.0 Å². The van der Waals surface area contributed by atoms with Gasteiger partial charge in [0.2, 0.25) is 0 Å². The van der Waals surface area contributed by atoms with Crippen LogP contribution in [0.25, 0.3) is 0 Å². The number of allylic oxidation sites excluding steroid dienone is 1. The summed E-state index contributed by atoms with van der Waals surface area (Å²) in [6, 6.07) is 6.67. The zero-order valence-electron chi connectivity index (χ0n) is 16.5. The number of carbonyl (C=O) groups is 2. The highest BCUT2D eigenvalue weighted by Crippen LogP contribution is 2.30. The van der Waals surface area contributed by atoms with E-state index in [1.807, 2.05) is 24.3 Å². The molecule has 0 radical (unpaired) electrons. The standard InChI is InChI=1S/C21H30N2O4/c1-4-7-9-17-18(20(24)26-6-3)19(23-21(25)22-17)15-10-12-16(13-11-15)27-14-8-5-2/h10-13,19H,4-9,14H2,1-3H3,(H2,22,23,25). The van der Waals surface area contributed by atoms with Gasteiger partial charge in [0.1, 0.15) is 5.75 Å². The molecule has 1 unspecified atom stereocenters. The summed E-state index contributed by atoms with van der Waals surface area (Å²) in [7, 11) is 0. The number of carbonyl (C=O) groups excluding carboxylic acids is 2. The molecule has 0 aliphatic carbocycles. The monoisotopic (exact) mass is 374 g/mol. The third-order valence-electron chi connectivity index (χ3n) is 4.41. The lowest BCUT2D eigenvalue weighted by Crippen LogP contribution is -2.46. The minimum absolute atomic E-state index is 0.286. The molecule has 1 aromatic rings. The van der Waals surface area contributed by atoms with Crippen molar-refractivity contribution >= 4 is 12.0 Å². The Morgan fingerprint density at radius 1 is 1.07 bits per heavy atom. The summed E-state index contributed by atoms with van der Waals surface area (Å²) >= 11 is 0. The summed E-state index contributed by atoms with van der Waals surface area (Å²) in [5.74, 6) is 0.379. The number of nitrogens with one attached hydrogen (secondary N) is 2. The second-order valence-electron chi connectivity index (χ2n) is 6.52. The van der Waals surface area contributed by atoms with Crippen molar-refractivity contribution in [2.75, 3.05) is 13.2 Å². The Labute approximate surface area is 161 Å². The molecule has 0 bridgehead atoms. The number of urea groups is 1. The van der Waals surface area contributed by atoms with Crippen molar-refractivity contribution in [2.24, 2.45) is 0 Å². The highest BCUT2D eigenvalue weighted by atomic mass is 16.5. The first-order valence-corrected chi connectivity index (χ1v) is 9.81. The molecule has 0 saturated carbocycles. The van der Waals surface area contributed by atoms with Gasteiger partial charge in [-0.2, -0.15) is 0 Å². The second kappa shape index (κ2) is 10.6. The van der Waals surface area contributed by atoms with Gasteiger partial charge in [0.05, 0.1) is 24.8 Å². The van der Waals surface area contributed by atoms with Crippen molar-refractivity contribution in [3.05, 3.63) is 41.1 Å².